The van der Waals surface area contributed by atoms with E-state index in [4.69, 9.17) is 28.4 Å². The molecule has 0 bridgehead atoms. The third-order valence-corrected chi connectivity index (χ3v) is 7.32. The van der Waals surface area contributed by atoms with Crippen molar-refractivity contribution in [3.05, 3.63) is 35.4 Å². The highest BCUT2D eigenvalue weighted by atomic mass is 32.2. The molecule has 1 heterocycles. The summed E-state index contributed by atoms with van der Waals surface area (Å²) in [4.78, 5) is 0. The number of thioether (sulfide) groups is 1. The number of hydrogen-bond acceptors (Lipinski definition) is 8. The lowest BCUT2D eigenvalue weighted by Crippen LogP contribution is -2.09. The van der Waals surface area contributed by atoms with Gasteiger partial charge in [-0.1, -0.05) is 0 Å². The Balaban J connectivity index is 1.86. The van der Waals surface area contributed by atoms with Crippen LogP contribution in [-0.4, -0.2) is 55.3 Å². The molecule has 0 aromatic heterocycles. The van der Waals surface area contributed by atoms with E-state index in [1.165, 1.54) is 11.1 Å². The van der Waals surface area contributed by atoms with Gasteiger partial charge in [-0.2, -0.15) is 0 Å². The van der Waals surface area contributed by atoms with Gasteiger partial charge in [0, 0.05) is 24.2 Å². The van der Waals surface area contributed by atoms with Crippen molar-refractivity contribution in [2.45, 2.75) is 30.3 Å². The van der Waals surface area contributed by atoms with Crippen molar-refractivity contribution < 1.29 is 28.4 Å². The number of ether oxygens (including phenoxy) is 6. The molecule has 0 saturated carbocycles. The first-order valence-corrected chi connectivity index (χ1v) is 12.1. The van der Waals surface area contributed by atoms with Crippen LogP contribution >= 0.6 is 11.8 Å². The maximum atomic E-state index is 5.97. The highest BCUT2D eigenvalue weighted by Crippen LogP contribution is 2.55. The van der Waals surface area contributed by atoms with Crippen molar-refractivity contribution in [3.8, 4) is 28.7 Å². The van der Waals surface area contributed by atoms with Gasteiger partial charge in [-0.05, 0) is 55.2 Å². The molecule has 182 valence electrons. The van der Waals surface area contributed by atoms with Crippen molar-refractivity contribution in [1.29, 1.82) is 0 Å². The monoisotopic (exact) mass is 477 g/mol. The first kappa shape index (κ1) is 25.2. The van der Waals surface area contributed by atoms with E-state index in [0.29, 0.717) is 41.0 Å². The number of benzene rings is 2. The highest BCUT2D eigenvalue weighted by molar-refractivity contribution is 8.00. The molecule has 0 spiro atoms. The maximum absolute atomic E-state index is 5.97. The Morgan fingerprint density at radius 2 is 1.30 bits per heavy atom. The van der Waals surface area contributed by atoms with E-state index in [9.17, 15) is 0 Å². The van der Waals surface area contributed by atoms with Gasteiger partial charge in [0.15, 0.2) is 23.0 Å². The fraction of sp³-hybridized carbons (Fsp3) is 0.520. The molecule has 33 heavy (non-hydrogen) atoms. The fourth-order valence-corrected chi connectivity index (χ4v) is 5.60. The van der Waals surface area contributed by atoms with Crippen LogP contribution in [0.5, 0.6) is 28.7 Å². The summed E-state index contributed by atoms with van der Waals surface area (Å²) in [7, 11) is 8.26. The predicted octanol–water partition coefficient (Wildman–Crippen LogP) is 5.49. The number of anilines is 1. The summed E-state index contributed by atoms with van der Waals surface area (Å²) in [5.41, 5.74) is 3.34. The zero-order valence-corrected chi connectivity index (χ0v) is 21.2. The Labute approximate surface area is 201 Å². The minimum Gasteiger partial charge on any atom is -0.493 e. The molecule has 0 aliphatic carbocycles. The summed E-state index contributed by atoms with van der Waals surface area (Å²) in [6.45, 7) is 3.85. The average Bonchev–Trinajstić information content (AvgIpc) is 3.34. The SMILES string of the molecule is CCNc1cc(C2CCC(c3cc(OC)c(OC)c(OC)c3)S2)cc(OC)c1OCCOC. The smallest absolute Gasteiger partial charge is 0.203 e. The minimum absolute atomic E-state index is 0.329. The van der Waals surface area contributed by atoms with Crippen LogP contribution < -0.4 is 29.0 Å². The number of nitrogens with one attached hydrogen (secondary N) is 1. The van der Waals surface area contributed by atoms with Crippen LogP contribution in [0.15, 0.2) is 24.3 Å². The molecular weight excluding hydrogens is 442 g/mol. The molecule has 2 atom stereocenters. The second-order valence-corrected chi connectivity index (χ2v) is 9.03. The number of rotatable bonds is 12. The summed E-state index contributed by atoms with van der Waals surface area (Å²) in [6, 6.07) is 8.39. The first-order chi connectivity index (χ1) is 16.1. The molecule has 0 amide bonds. The second-order valence-electron chi connectivity index (χ2n) is 7.62. The van der Waals surface area contributed by atoms with Crippen molar-refractivity contribution in [2.24, 2.45) is 0 Å². The third kappa shape index (κ3) is 5.73. The van der Waals surface area contributed by atoms with Crippen LogP contribution in [0, 0.1) is 0 Å². The van der Waals surface area contributed by atoms with Gasteiger partial charge >= 0.3 is 0 Å². The summed E-state index contributed by atoms with van der Waals surface area (Å²) in [5, 5.41) is 4.10. The van der Waals surface area contributed by atoms with Crippen molar-refractivity contribution >= 4 is 17.4 Å². The quantitative estimate of drug-likeness (QED) is 0.403. The molecule has 7 nitrogen and oxygen atoms in total. The molecule has 8 heteroatoms. The standard InChI is InChI=1S/C25H35NO6S/c1-7-26-18-12-16(13-19(28-3)24(18)32-11-10-27-2)22-8-9-23(33-22)17-14-20(29-4)25(31-6)21(15-17)30-5/h12-15,22-23,26H,7-11H2,1-6H3. The highest BCUT2D eigenvalue weighted by Gasteiger charge is 2.30. The molecule has 2 unspecified atom stereocenters. The van der Waals surface area contributed by atoms with Gasteiger partial charge in [0.05, 0.1) is 40.7 Å². The van der Waals surface area contributed by atoms with E-state index in [0.717, 1.165) is 36.6 Å². The van der Waals surface area contributed by atoms with Gasteiger partial charge in [0.2, 0.25) is 5.75 Å². The minimum atomic E-state index is 0.329. The Hall–Kier alpha value is -2.45. The van der Waals surface area contributed by atoms with E-state index in [1.807, 2.05) is 11.8 Å². The molecule has 0 radical (unpaired) electrons. The van der Waals surface area contributed by atoms with E-state index < -0.39 is 0 Å². The largest absolute Gasteiger partial charge is 0.493 e. The summed E-state index contributed by atoms with van der Waals surface area (Å²) < 4.78 is 33.4. The Morgan fingerprint density at radius 3 is 1.79 bits per heavy atom. The molecule has 2 aromatic rings. The molecule has 3 rings (SSSR count). The first-order valence-electron chi connectivity index (χ1n) is 11.1. The van der Waals surface area contributed by atoms with Crippen molar-refractivity contribution in [1.82, 2.24) is 0 Å². The van der Waals surface area contributed by atoms with Crippen molar-refractivity contribution in [3.63, 3.8) is 0 Å². The van der Waals surface area contributed by atoms with E-state index >= 15 is 0 Å². The van der Waals surface area contributed by atoms with Crippen LogP contribution in [0.25, 0.3) is 0 Å². The van der Waals surface area contributed by atoms with Crippen molar-refractivity contribution in [2.75, 3.05) is 60.6 Å². The van der Waals surface area contributed by atoms with Crippen LogP contribution in [0.2, 0.25) is 0 Å². The normalized spacial score (nSPS) is 17.5. The molecule has 2 aromatic carbocycles. The third-order valence-electron chi connectivity index (χ3n) is 5.65. The van der Waals surface area contributed by atoms with Gasteiger partial charge < -0.3 is 33.7 Å². The Bertz CT molecular complexity index is 897. The van der Waals surface area contributed by atoms with Gasteiger partial charge in [-0.15, -0.1) is 11.8 Å². The molecule has 1 saturated heterocycles. The molecule has 1 aliphatic rings. The van der Waals surface area contributed by atoms with E-state index in [1.54, 1.807) is 35.5 Å². The van der Waals surface area contributed by atoms with Gasteiger partial charge in [-0.3, -0.25) is 0 Å². The van der Waals surface area contributed by atoms with E-state index in [2.05, 4.69) is 36.5 Å². The molecule has 1 aliphatic heterocycles. The lowest BCUT2D eigenvalue weighted by molar-refractivity contribution is 0.144. The summed E-state index contributed by atoms with van der Waals surface area (Å²) >= 11 is 1.95. The molecule has 1 fully saturated rings. The number of methoxy groups -OCH3 is 5. The van der Waals surface area contributed by atoms with Crippen LogP contribution in [0.4, 0.5) is 5.69 Å². The summed E-state index contributed by atoms with van der Waals surface area (Å²) in [6.07, 6.45) is 2.11. The predicted molar refractivity (Wildman–Crippen MR) is 133 cm³/mol. The number of hydrogen-bond donors (Lipinski definition) is 1. The maximum Gasteiger partial charge on any atom is 0.203 e. The second kappa shape index (κ2) is 12.1. The van der Waals surface area contributed by atoms with Gasteiger partial charge in [-0.25, -0.2) is 0 Å². The zero-order chi connectivity index (χ0) is 23.8. The Kier molecular flexibility index (Phi) is 9.26. The lowest BCUT2D eigenvalue weighted by Gasteiger charge is -2.20. The van der Waals surface area contributed by atoms with E-state index in [-0.39, 0.29) is 0 Å². The topological polar surface area (TPSA) is 67.4 Å². The average molecular weight is 478 g/mol. The fourth-order valence-electron chi connectivity index (χ4n) is 4.07. The zero-order valence-electron chi connectivity index (χ0n) is 20.4. The van der Waals surface area contributed by atoms with Crippen LogP contribution in [0.1, 0.15) is 41.4 Å². The summed E-state index contributed by atoms with van der Waals surface area (Å²) in [5.74, 6) is 3.45. The van der Waals surface area contributed by atoms with Crippen LogP contribution in [0.3, 0.4) is 0 Å². The molecular formula is C25H35NO6S. The lowest BCUT2D eigenvalue weighted by atomic mass is 10.0. The Morgan fingerprint density at radius 1 is 0.758 bits per heavy atom. The van der Waals surface area contributed by atoms with Gasteiger partial charge in [0.25, 0.3) is 0 Å². The van der Waals surface area contributed by atoms with Gasteiger partial charge in [0.1, 0.15) is 6.61 Å². The van der Waals surface area contributed by atoms with Crippen LogP contribution in [-0.2, 0) is 4.74 Å². The molecule has 1 N–H and O–H groups in total.